The monoisotopic (exact) mass is 666 g/mol. The Hall–Kier alpha value is -4.64. The molecule has 0 radical (unpaired) electrons. The number of carbonyl (C=O) groups is 1. The van der Waals surface area contributed by atoms with Gasteiger partial charge in [0, 0.05) is 21.3 Å². The number of allylic oxidation sites excluding steroid dienone is 2. The van der Waals surface area contributed by atoms with Gasteiger partial charge in [-0.2, -0.15) is 14.2 Å². The number of hydrogen-bond acceptors (Lipinski definition) is 8. The van der Waals surface area contributed by atoms with E-state index in [1.807, 2.05) is 0 Å². The summed E-state index contributed by atoms with van der Waals surface area (Å²) >= 11 is 0. The minimum absolute atomic E-state index is 0.0265. The largest absolute Gasteiger partial charge is 0.524 e. The molecular weight excluding hydrogens is 641 g/mol. The number of carbonyl (C=O) groups excluding carboxylic acids is 1. The maximum Gasteiger partial charge on any atom is 0.524 e. The van der Waals surface area contributed by atoms with Crippen LogP contribution >= 0.6 is 18.2 Å². The zero-order valence-corrected chi connectivity index (χ0v) is 25.7. The van der Waals surface area contributed by atoms with Gasteiger partial charge in [-0.1, -0.05) is 37.3 Å². The predicted octanol–water partition coefficient (Wildman–Crippen LogP) is 6.12. The third kappa shape index (κ3) is 5.75. The van der Waals surface area contributed by atoms with Crippen LogP contribution in [0.15, 0.2) is 101 Å². The number of aromatic nitrogens is 3. The van der Waals surface area contributed by atoms with E-state index in [0.29, 0.717) is 27.2 Å². The van der Waals surface area contributed by atoms with Gasteiger partial charge in [-0.25, -0.2) is 23.4 Å². The van der Waals surface area contributed by atoms with E-state index in [1.165, 1.54) is 59.1 Å². The van der Waals surface area contributed by atoms with E-state index in [4.69, 9.17) is 9.47 Å². The highest BCUT2D eigenvalue weighted by Gasteiger charge is 2.55. The molecule has 3 heterocycles. The molecule has 0 saturated carbocycles. The maximum atomic E-state index is 17.4. The lowest BCUT2D eigenvalue weighted by Gasteiger charge is -2.49. The quantitative estimate of drug-likeness (QED) is 0.121. The van der Waals surface area contributed by atoms with Crippen molar-refractivity contribution in [2.45, 2.75) is 24.0 Å². The van der Waals surface area contributed by atoms with Crippen molar-refractivity contribution in [2.24, 2.45) is 5.92 Å². The third-order valence-electron chi connectivity index (χ3n) is 7.82. The summed E-state index contributed by atoms with van der Waals surface area (Å²) in [6, 6.07) is 17.9. The second-order valence-corrected chi connectivity index (χ2v) is 14.0. The lowest BCUT2D eigenvalue weighted by Crippen LogP contribution is -2.46. The number of phosphoric ester groups is 1. The van der Waals surface area contributed by atoms with Gasteiger partial charge in [-0.3, -0.25) is 9.79 Å². The molecule has 46 heavy (non-hydrogen) atoms. The van der Waals surface area contributed by atoms with E-state index < -0.39 is 54.1 Å². The second kappa shape index (κ2) is 11.9. The van der Waals surface area contributed by atoms with Crippen LogP contribution in [0.2, 0.25) is 0 Å². The summed E-state index contributed by atoms with van der Waals surface area (Å²) in [5, 5.41) is 14.9. The van der Waals surface area contributed by atoms with Crippen LogP contribution in [-0.4, -0.2) is 37.3 Å². The van der Waals surface area contributed by atoms with Crippen molar-refractivity contribution >= 4 is 29.8 Å². The number of phosphoric acid groups is 1. The molecule has 15 heteroatoms. The number of esters is 1. The summed E-state index contributed by atoms with van der Waals surface area (Å²) in [4.78, 5) is 36.0. The normalized spacial score (nSPS) is 23.2. The highest BCUT2D eigenvalue weighted by atomic mass is 32.3. The van der Waals surface area contributed by atoms with Crippen LogP contribution in [0.1, 0.15) is 34.0 Å². The van der Waals surface area contributed by atoms with Crippen molar-refractivity contribution in [3.8, 4) is 11.8 Å². The summed E-state index contributed by atoms with van der Waals surface area (Å²) in [5.74, 6) is -2.77. The van der Waals surface area contributed by atoms with Gasteiger partial charge in [0.2, 0.25) is 0 Å². The maximum absolute atomic E-state index is 17.4. The fourth-order valence-corrected chi connectivity index (χ4v) is 9.00. The van der Waals surface area contributed by atoms with E-state index >= 15 is 3.89 Å². The van der Waals surface area contributed by atoms with Crippen LogP contribution in [0, 0.1) is 23.1 Å². The van der Waals surface area contributed by atoms with Crippen LogP contribution in [0.25, 0.3) is 5.57 Å². The molecule has 0 bridgehead atoms. The lowest BCUT2D eigenvalue weighted by molar-refractivity contribution is -0.155. The van der Waals surface area contributed by atoms with Crippen molar-refractivity contribution < 1.29 is 41.4 Å². The molecule has 11 nitrogen and oxygen atoms in total. The minimum atomic E-state index is -4.99. The van der Waals surface area contributed by atoms with Gasteiger partial charge in [0.1, 0.15) is 35.4 Å². The molecule has 3 atom stereocenters. The van der Waals surface area contributed by atoms with Gasteiger partial charge in [-0.15, -0.1) is 0 Å². The van der Waals surface area contributed by atoms with Crippen molar-refractivity contribution in [2.75, 3.05) is 6.79 Å². The first kappa shape index (κ1) is 31.3. The Bertz CT molecular complexity index is 1980. The first-order valence-corrected chi connectivity index (χ1v) is 16.8. The van der Waals surface area contributed by atoms with E-state index in [2.05, 4.69) is 20.7 Å². The Kier molecular flexibility index (Phi) is 8.14. The molecular formula is C31H25F2N4O7PS. The molecule has 2 aliphatic rings. The Morgan fingerprint density at radius 3 is 2.63 bits per heavy atom. The summed E-state index contributed by atoms with van der Waals surface area (Å²) in [7, 11) is -8.36. The fourth-order valence-electron chi connectivity index (χ4n) is 5.67. The average Bonchev–Trinajstić information content (AvgIpc) is 3.67. The van der Waals surface area contributed by atoms with Gasteiger partial charge in [0.15, 0.2) is 6.79 Å². The van der Waals surface area contributed by atoms with Gasteiger partial charge in [-0.05, 0) is 69.4 Å². The van der Waals surface area contributed by atoms with E-state index in [-0.39, 0.29) is 17.0 Å². The average molecular weight is 667 g/mol. The molecule has 236 valence electrons. The van der Waals surface area contributed by atoms with Crippen molar-refractivity contribution in [1.29, 1.82) is 5.26 Å². The lowest BCUT2D eigenvalue weighted by atomic mass is 9.80. The molecule has 0 spiro atoms. The Balaban J connectivity index is 1.40. The highest BCUT2D eigenvalue weighted by molar-refractivity contribution is 8.35. The minimum Gasteiger partial charge on any atom is -0.435 e. The van der Waals surface area contributed by atoms with Crippen LogP contribution < -0.4 is 4.52 Å². The molecule has 0 saturated heterocycles. The first-order chi connectivity index (χ1) is 21.9. The van der Waals surface area contributed by atoms with Gasteiger partial charge in [0.05, 0.1) is 18.2 Å². The fraction of sp³-hybridized carbons (Fsp3) is 0.161. The van der Waals surface area contributed by atoms with Crippen molar-refractivity contribution in [3.05, 3.63) is 124 Å². The molecule has 1 unspecified atom stereocenters. The number of ether oxygens (including phenoxy) is 2. The van der Waals surface area contributed by atoms with Crippen molar-refractivity contribution in [3.63, 3.8) is 0 Å². The SMILES string of the molecule is C[C@H]1C2=CC(c3ccc(C#N)cc3)=CS2(F)c2cc(F)ccc2[C@]1(Cn1cncn1)OCOC(=O)c1ccccc1OP(=O)(O)O. The number of fused-ring (bicyclic) bond motifs is 3. The molecule has 0 fully saturated rings. The number of nitriles is 1. The van der Waals surface area contributed by atoms with Crippen LogP contribution in [-0.2, 0) is 26.2 Å². The predicted molar refractivity (Wildman–Crippen MR) is 162 cm³/mol. The van der Waals surface area contributed by atoms with Gasteiger partial charge < -0.3 is 14.0 Å². The Labute approximate surface area is 263 Å². The molecule has 3 aromatic carbocycles. The first-order valence-electron chi connectivity index (χ1n) is 13.7. The van der Waals surface area contributed by atoms with Gasteiger partial charge >= 0.3 is 13.8 Å². The standard InChI is InChI=1S/C31H25F2N4O7PS/c1-20-28-12-23(22-8-6-21(14-34)7-9-22)15-46(28,33)29-13-24(32)10-11-26(29)31(20,16-37-18-35-17-36-37)43-19-42-30(38)25-4-2-3-5-27(25)44-45(39,40)41/h2-13,15,17-18,20H,16,19H2,1H3,(H2,39,40,41)/t20-,31+/m0/s1. The highest BCUT2D eigenvalue weighted by Crippen LogP contribution is 2.77. The topological polar surface area (TPSA) is 157 Å². The molecule has 2 N–H and O–H groups in total. The summed E-state index contributed by atoms with van der Waals surface area (Å²) in [6.07, 6.45) is 4.46. The summed E-state index contributed by atoms with van der Waals surface area (Å²) < 4.78 is 61.5. The van der Waals surface area contributed by atoms with Gasteiger partial charge in [0.25, 0.3) is 0 Å². The second-order valence-electron chi connectivity index (χ2n) is 10.5. The molecule has 6 rings (SSSR count). The number of benzene rings is 3. The van der Waals surface area contributed by atoms with E-state index in [0.717, 1.165) is 6.07 Å². The zero-order chi connectivity index (χ0) is 32.7. The number of para-hydroxylation sites is 1. The number of nitrogens with zero attached hydrogens (tertiary/aromatic N) is 4. The molecule has 0 aliphatic carbocycles. The number of hydrogen-bond donors (Lipinski definition) is 2. The van der Waals surface area contributed by atoms with Crippen LogP contribution in [0.3, 0.4) is 0 Å². The van der Waals surface area contributed by atoms with E-state index in [1.54, 1.807) is 37.3 Å². The third-order valence-corrected chi connectivity index (χ3v) is 11.0. The molecule has 0 amide bonds. The van der Waals surface area contributed by atoms with Crippen LogP contribution in [0.5, 0.6) is 5.75 Å². The smallest absolute Gasteiger partial charge is 0.435 e. The Morgan fingerprint density at radius 2 is 1.93 bits per heavy atom. The van der Waals surface area contributed by atoms with Crippen molar-refractivity contribution in [1.82, 2.24) is 14.8 Å². The summed E-state index contributed by atoms with van der Waals surface area (Å²) in [5.41, 5.74) is 0.279. The number of rotatable bonds is 9. The number of halogens is 2. The van der Waals surface area contributed by atoms with E-state index in [9.17, 15) is 28.8 Å². The summed E-state index contributed by atoms with van der Waals surface area (Å²) in [6.45, 7) is 1.05. The molecule has 2 aliphatic heterocycles. The molecule has 1 aromatic heterocycles. The van der Waals surface area contributed by atoms with Crippen LogP contribution in [0.4, 0.5) is 8.28 Å². The zero-order valence-electron chi connectivity index (χ0n) is 24.0. The molecule has 4 aromatic rings. The Morgan fingerprint density at radius 1 is 1.17 bits per heavy atom.